The molecule has 0 amide bonds. The molecule has 1 aromatic carbocycles. The van der Waals surface area contributed by atoms with Gasteiger partial charge in [-0.05, 0) is 43.2 Å². The van der Waals surface area contributed by atoms with Crippen LogP contribution in [-0.4, -0.2) is 11.8 Å². The summed E-state index contributed by atoms with van der Waals surface area (Å²) in [6, 6.07) is 8.52. The number of Topliss-reactive ketones (excluding diaryl/α,β-unsaturated/α-hetero) is 1. The Morgan fingerprint density at radius 3 is 3.00 bits per heavy atom. The van der Waals surface area contributed by atoms with Gasteiger partial charge in [-0.3, -0.25) is 4.79 Å². The van der Waals surface area contributed by atoms with Gasteiger partial charge in [-0.1, -0.05) is 24.3 Å². The lowest BCUT2D eigenvalue weighted by Crippen LogP contribution is -2.21. The van der Waals surface area contributed by atoms with E-state index in [9.17, 15) is 4.79 Å². The van der Waals surface area contributed by atoms with E-state index in [1.54, 1.807) is 0 Å². The molecule has 0 fully saturated rings. The maximum Gasteiger partial charge on any atom is 0.135 e. The summed E-state index contributed by atoms with van der Waals surface area (Å²) in [6.45, 7) is 1.90. The third kappa shape index (κ3) is 3.16. The van der Waals surface area contributed by atoms with Crippen molar-refractivity contribution >= 4 is 5.78 Å². The Balaban J connectivity index is 2.06. The first kappa shape index (κ1) is 12.3. The summed E-state index contributed by atoms with van der Waals surface area (Å²) in [5.41, 5.74) is 8.49. The highest BCUT2D eigenvalue weighted by molar-refractivity contribution is 5.80. The maximum atomic E-state index is 11.9. The van der Waals surface area contributed by atoms with Crippen molar-refractivity contribution in [3.8, 4) is 0 Å². The maximum absolute atomic E-state index is 11.9. The molecule has 2 N–H and O–H groups in total. The van der Waals surface area contributed by atoms with Crippen molar-refractivity contribution in [2.24, 2.45) is 5.73 Å². The summed E-state index contributed by atoms with van der Waals surface area (Å²) in [5.74, 6) is 0.730. The van der Waals surface area contributed by atoms with E-state index in [-0.39, 0.29) is 6.04 Å². The van der Waals surface area contributed by atoms with Crippen LogP contribution in [-0.2, 0) is 11.2 Å². The minimum Gasteiger partial charge on any atom is -0.328 e. The second-order valence-corrected chi connectivity index (χ2v) is 5.21. The summed E-state index contributed by atoms with van der Waals surface area (Å²) < 4.78 is 0. The fourth-order valence-electron chi connectivity index (χ4n) is 2.78. The summed E-state index contributed by atoms with van der Waals surface area (Å²) >= 11 is 0. The topological polar surface area (TPSA) is 43.1 Å². The molecule has 0 aliphatic heterocycles. The van der Waals surface area contributed by atoms with Crippen LogP contribution >= 0.6 is 0 Å². The Morgan fingerprint density at radius 1 is 1.47 bits per heavy atom. The second kappa shape index (κ2) is 5.46. The van der Waals surface area contributed by atoms with E-state index in [1.165, 1.54) is 17.5 Å². The molecular weight excluding hydrogens is 210 g/mol. The molecule has 17 heavy (non-hydrogen) atoms. The van der Waals surface area contributed by atoms with E-state index in [1.807, 2.05) is 6.92 Å². The Labute approximate surface area is 103 Å². The Hall–Kier alpha value is -1.15. The van der Waals surface area contributed by atoms with E-state index in [0.29, 0.717) is 24.5 Å². The van der Waals surface area contributed by atoms with Gasteiger partial charge in [-0.25, -0.2) is 0 Å². The van der Waals surface area contributed by atoms with E-state index in [2.05, 4.69) is 24.3 Å². The number of aryl methyl sites for hydroxylation is 1. The lowest BCUT2D eigenvalue weighted by atomic mass is 9.80. The van der Waals surface area contributed by atoms with Crippen LogP contribution in [0.15, 0.2) is 24.3 Å². The normalized spacial score (nSPS) is 20.7. The number of nitrogens with two attached hydrogens (primary N) is 1. The van der Waals surface area contributed by atoms with E-state index >= 15 is 0 Å². The van der Waals surface area contributed by atoms with Gasteiger partial charge < -0.3 is 5.73 Å². The molecule has 0 saturated heterocycles. The molecule has 0 heterocycles. The largest absolute Gasteiger partial charge is 0.328 e. The third-order valence-electron chi connectivity index (χ3n) is 3.52. The Bertz CT molecular complexity index is 398. The second-order valence-electron chi connectivity index (χ2n) is 5.21. The number of fused-ring (bicyclic) bond motifs is 1. The number of benzene rings is 1. The molecule has 1 aromatic rings. The fourth-order valence-corrected chi connectivity index (χ4v) is 2.78. The smallest absolute Gasteiger partial charge is 0.135 e. The lowest BCUT2D eigenvalue weighted by molar-refractivity contribution is -0.119. The number of carbonyl (C=O) groups is 1. The highest BCUT2D eigenvalue weighted by Gasteiger charge is 2.22. The van der Waals surface area contributed by atoms with Crippen molar-refractivity contribution in [1.82, 2.24) is 0 Å². The van der Waals surface area contributed by atoms with Gasteiger partial charge in [0.2, 0.25) is 0 Å². The van der Waals surface area contributed by atoms with Crippen LogP contribution in [0.2, 0.25) is 0 Å². The first-order valence-electron chi connectivity index (χ1n) is 6.52. The molecule has 1 aliphatic carbocycles. The SMILES string of the molecule is CC(N)CC(=O)CC1CCCc2ccccc21. The van der Waals surface area contributed by atoms with Crippen molar-refractivity contribution in [3.05, 3.63) is 35.4 Å². The lowest BCUT2D eigenvalue weighted by Gasteiger charge is -2.25. The highest BCUT2D eigenvalue weighted by atomic mass is 16.1. The highest BCUT2D eigenvalue weighted by Crippen LogP contribution is 2.34. The van der Waals surface area contributed by atoms with Crippen LogP contribution in [0.25, 0.3) is 0 Å². The molecule has 2 atom stereocenters. The zero-order valence-electron chi connectivity index (χ0n) is 10.5. The number of hydrogen-bond donors (Lipinski definition) is 1. The summed E-state index contributed by atoms with van der Waals surface area (Å²) in [6.07, 6.45) is 4.68. The van der Waals surface area contributed by atoms with Crippen molar-refractivity contribution in [3.63, 3.8) is 0 Å². The first-order valence-corrected chi connectivity index (χ1v) is 6.52. The van der Waals surface area contributed by atoms with Crippen molar-refractivity contribution in [1.29, 1.82) is 0 Å². The molecule has 0 radical (unpaired) electrons. The molecule has 0 aromatic heterocycles. The number of rotatable bonds is 4. The van der Waals surface area contributed by atoms with Gasteiger partial charge in [-0.2, -0.15) is 0 Å². The monoisotopic (exact) mass is 231 g/mol. The van der Waals surface area contributed by atoms with Gasteiger partial charge in [0.1, 0.15) is 5.78 Å². The quantitative estimate of drug-likeness (QED) is 0.866. The fraction of sp³-hybridized carbons (Fsp3) is 0.533. The zero-order valence-corrected chi connectivity index (χ0v) is 10.5. The van der Waals surface area contributed by atoms with Crippen molar-refractivity contribution in [2.45, 2.75) is 51.0 Å². The average Bonchev–Trinajstić information content (AvgIpc) is 2.28. The molecule has 2 nitrogen and oxygen atoms in total. The van der Waals surface area contributed by atoms with Gasteiger partial charge in [0.15, 0.2) is 0 Å². The molecule has 1 aliphatic rings. The van der Waals surface area contributed by atoms with E-state index in [0.717, 1.165) is 12.8 Å². The first-order chi connectivity index (χ1) is 8.16. The summed E-state index contributed by atoms with van der Waals surface area (Å²) in [7, 11) is 0. The van der Waals surface area contributed by atoms with Gasteiger partial charge >= 0.3 is 0 Å². The standard InChI is InChI=1S/C15H21NO/c1-11(16)9-14(17)10-13-7-4-6-12-5-2-3-8-15(12)13/h2-3,5,8,11,13H,4,6-7,9-10,16H2,1H3. The number of carbonyl (C=O) groups excluding carboxylic acids is 1. The molecule has 92 valence electrons. The summed E-state index contributed by atoms with van der Waals surface area (Å²) in [5, 5.41) is 0. The Morgan fingerprint density at radius 2 is 2.24 bits per heavy atom. The van der Waals surface area contributed by atoms with Crippen LogP contribution in [0.3, 0.4) is 0 Å². The van der Waals surface area contributed by atoms with Crippen LogP contribution in [0.1, 0.15) is 49.7 Å². The van der Waals surface area contributed by atoms with Crippen molar-refractivity contribution in [2.75, 3.05) is 0 Å². The van der Waals surface area contributed by atoms with E-state index < -0.39 is 0 Å². The number of hydrogen-bond acceptors (Lipinski definition) is 2. The Kier molecular flexibility index (Phi) is 3.95. The minimum atomic E-state index is -0.0127. The number of ketones is 1. The summed E-state index contributed by atoms with van der Waals surface area (Å²) in [4.78, 5) is 11.9. The van der Waals surface area contributed by atoms with Gasteiger partial charge in [0, 0.05) is 18.9 Å². The molecular formula is C15H21NO. The minimum absolute atomic E-state index is 0.0127. The zero-order chi connectivity index (χ0) is 12.3. The molecule has 0 bridgehead atoms. The van der Waals surface area contributed by atoms with Crippen molar-refractivity contribution < 1.29 is 4.79 Å². The van der Waals surface area contributed by atoms with Gasteiger partial charge in [-0.15, -0.1) is 0 Å². The predicted octanol–water partition coefficient (Wildman–Crippen LogP) is 2.80. The van der Waals surface area contributed by atoms with Gasteiger partial charge in [0.25, 0.3) is 0 Å². The molecule has 2 heteroatoms. The van der Waals surface area contributed by atoms with Crippen LogP contribution < -0.4 is 5.73 Å². The molecule has 0 spiro atoms. The van der Waals surface area contributed by atoms with Crippen LogP contribution in [0, 0.1) is 0 Å². The predicted molar refractivity (Wildman–Crippen MR) is 70.0 cm³/mol. The van der Waals surface area contributed by atoms with Crippen LogP contribution in [0.5, 0.6) is 0 Å². The third-order valence-corrected chi connectivity index (χ3v) is 3.52. The molecule has 2 rings (SSSR count). The van der Waals surface area contributed by atoms with Gasteiger partial charge in [0.05, 0.1) is 0 Å². The average molecular weight is 231 g/mol. The molecule has 0 saturated carbocycles. The molecule has 2 unspecified atom stereocenters. The van der Waals surface area contributed by atoms with E-state index in [4.69, 9.17) is 5.73 Å². The van der Waals surface area contributed by atoms with Crippen LogP contribution in [0.4, 0.5) is 0 Å².